The Kier molecular flexibility index (Phi) is 1.92. The third-order valence-corrected chi connectivity index (χ3v) is 1.68. The summed E-state index contributed by atoms with van der Waals surface area (Å²) in [5, 5.41) is 4.21. The van der Waals surface area contributed by atoms with Crippen molar-refractivity contribution in [3.05, 3.63) is 0 Å². The fourth-order valence-electron chi connectivity index (χ4n) is 0.799. The minimum absolute atomic E-state index is 0.00463. The molecule has 4 nitrogen and oxygen atoms in total. The quantitative estimate of drug-likeness (QED) is 0.414. The minimum Gasteiger partial charge on any atom is -0.300 e. The van der Waals surface area contributed by atoms with Crippen molar-refractivity contribution < 1.29 is 9.63 Å². The Balaban J connectivity index is 2.35. The van der Waals surface area contributed by atoms with Gasteiger partial charge in [0.25, 0.3) is 5.91 Å². The maximum absolute atomic E-state index is 11.1. The Labute approximate surface area is 60.1 Å². The summed E-state index contributed by atoms with van der Waals surface area (Å²) in [4.78, 5) is 15.8. The van der Waals surface area contributed by atoms with E-state index < -0.39 is 0 Å². The molecule has 58 valence electrons. The molecule has 1 rings (SSSR count). The van der Waals surface area contributed by atoms with Crippen molar-refractivity contribution >= 4 is 5.91 Å². The first-order valence-electron chi connectivity index (χ1n) is 3.24. The van der Waals surface area contributed by atoms with E-state index in [1.165, 1.54) is 12.2 Å². The highest BCUT2D eigenvalue weighted by atomic mass is 16.7. The van der Waals surface area contributed by atoms with E-state index in [0.717, 1.165) is 0 Å². The van der Waals surface area contributed by atoms with Gasteiger partial charge in [-0.15, -0.1) is 0 Å². The van der Waals surface area contributed by atoms with Crippen molar-refractivity contribution in [3.8, 4) is 0 Å². The van der Waals surface area contributed by atoms with Gasteiger partial charge in [0.1, 0.15) is 6.04 Å². The number of hydrogen-bond acceptors (Lipinski definition) is 3. The van der Waals surface area contributed by atoms with Crippen molar-refractivity contribution in [1.29, 1.82) is 0 Å². The lowest BCUT2D eigenvalue weighted by Gasteiger charge is -2.11. The fourth-order valence-corrected chi connectivity index (χ4v) is 0.799. The molecule has 0 saturated carbocycles. The fraction of sp³-hybridized carbons (Fsp3) is 0.833. The van der Waals surface area contributed by atoms with E-state index >= 15 is 0 Å². The SMILES string of the molecule is CON(C)C(=O)[C@@H]1N[C@H]1C. The Morgan fingerprint density at radius 2 is 2.20 bits per heavy atom. The van der Waals surface area contributed by atoms with E-state index in [1.54, 1.807) is 7.05 Å². The molecule has 0 aliphatic carbocycles. The maximum Gasteiger partial charge on any atom is 0.264 e. The van der Waals surface area contributed by atoms with Crippen LogP contribution in [0.25, 0.3) is 0 Å². The zero-order valence-electron chi connectivity index (χ0n) is 6.42. The summed E-state index contributed by atoms with van der Waals surface area (Å²) in [5.74, 6) is -0.00463. The second-order valence-electron chi connectivity index (χ2n) is 2.45. The minimum atomic E-state index is -0.0232. The van der Waals surface area contributed by atoms with Crippen LogP contribution in [0, 0.1) is 0 Å². The molecule has 1 fully saturated rings. The molecule has 1 amide bonds. The number of likely N-dealkylation sites (N-methyl/N-ethyl adjacent to an activating group) is 1. The normalized spacial score (nSPS) is 29.9. The highest BCUT2D eigenvalue weighted by molar-refractivity contribution is 5.84. The largest absolute Gasteiger partial charge is 0.300 e. The van der Waals surface area contributed by atoms with Crippen LogP contribution in [0.4, 0.5) is 0 Å². The zero-order chi connectivity index (χ0) is 7.72. The lowest BCUT2D eigenvalue weighted by atomic mass is 10.3. The Bertz CT molecular complexity index is 143. The van der Waals surface area contributed by atoms with Gasteiger partial charge in [-0.2, -0.15) is 0 Å². The van der Waals surface area contributed by atoms with Gasteiger partial charge in [-0.3, -0.25) is 14.9 Å². The molecule has 0 bridgehead atoms. The summed E-state index contributed by atoms with van der Waals surface area (Å²) >= 11 is 0. The van der Waals surface area contributed by atoms with Gasteiger partial charge in [-0.1, -0.05) is 0 Å². The molecule has 1 aliphatic rings. The first-order chi connectivity index (χ1) is 4.66. The summed E-state index contributed by atoms with van der Waals surface area (Å²) < 4.78 is 0. The smallest absolute Gasteiger partial charge is 0.264 e. The number of nitrogens with zero attached hydrogens (tertiary/aromatic N) is 1. The highest BCUT2D eigenvalue weighted by Gasteiger charge is 2.40. The molecule has 0 radical (unpaired) electrons. The molecule has 2 atom stereocenters. The Hall–Kier alpha value is -0.610. The van der Waals surface area contributed by atoms with Crippen LogP contribution in [0.3, 0.4) is 0 Å². The average molecular weight is 144 g/mol. The van der Waals surface area contributed by atoms with E-state index in [9.17, 15) is 4.79 Å². The molecule has 1 aliphatic heterocycles. The number of nitrogens with one attached hydrogen (secondary N) is 1. The third-order valence-electron chi connectivity index (χ3n) is 1.68. The van der Waals surface area contributed by atoms with E-state index in [1.807, 2.05) is 6.92 Å². The molecule has 1 heterocycles. The van der Waals surface area contributed by atoms with Gasteiger partial charge in [0.05, 0.1) is 7.11 Å². The lowest BCUT2D eigenvalue weighted by Crippen LogP contribution is -2.31. The van der Waals surface area contributed by atoms with E-state index in [4.69, 9.17) is 4.84 Å². The second kappa shape index (κ2) is 2.56. The lowest BCUT2D eigenvalue weighted by molar-refractivity contribution is -0.168. The third kappa shape index (κ3) is 1.27. The van der Waals surface area contributed by atoms with Crippen LogP contribution in [0.15, 0.2) is 0 Å². The molecule has 4 heteroatoms. The van der Waals surface area contributed by atoms with Crippen LogP contribution in [0.1, 0.15) is 6.92 Å². The van der Waals surface area contributed by atoms with Gasteiger partial charge in [0, 0.05) is 13.1 Å². The van der Waals surface area contributed by atoms with Crippen LogP contribution >= 0.6 is 0 Å². The summed E-state index contributed by atoms with van der Waals surface area (Å²) in [5.41, 5.74) is 0. The topological polar surface area (TPSA) is 51.5 Å². The van der Waals surface area contributed by atoms with Crippen LogP contribution in [0.5, 0.6) is 0 Å². The van der Waals surface area contributed by atoms with Crippen molar-refractivity contribution in [2.45, 2.75) is 19.0 Å². The van der Waals surface area contributed by atoms with E-state index in [-0.39, 0.29) is 11.9 Å². The number of rotatable bonds is 2. The molecular formula is C6H12N2O2. The van der Waals surface area contributed by atoms with Gasteiger partial charge in [-0.05, 0) is 6.92 Å². The van der Waals surface area contributed by atoms with Crippen LogP contribution in [0.2, 0.25) is 0 Å². The molecule has 0 spiro atoms. The van der Waals surface area contributed by atoms with Gasteiger partial charge >= 0.3 is 0 Å². The maximum atomic E-state index is 11.1. The van der Waals surface area contributed by atoms with Crippen LogP contribution in [-0.4, -0.2) is 37.2 Å². The summed E-state index contributed by atoms with van der Waals surface area (Å²) in [7, 11) is 3.08. The van der Waals surface area contributed by atoms with Crippen LogP contribution < -0.4 is 5.32 Å². The van der Waals surface area contributed by atoms with Gasteiger partial charge in [0.15, 0.2) is 0 Å². The number of carbonyl (C=O) groups excluding carboxylic acids is 1. The summed E-state index contributed by atoms with van der Waals surface area (Å²) in [6.07, 6.45) is 0. The van der Waals surface area contributed by atoms with Crippen molar-refractivity contribution in [1.82, 2.24) is 10.4 Å². The van der Waals surface area contributed by atoms with Gasteiger partial charge in [-0.25, -0.2) is 5.06 Å². The van der Waals surface area contributed by atoms with E-state index in [0.29, 0.717) is 6.04 Å². The molecule has 10 heavy (non-hydrogen) atoms. The number of amides is 1. The van der Waals surface area contributed by atoms with Crippen molar-refractivity contribution in [3.63, 3.8) is 0 Å². The first kappa shape index (κ1) is 7.50. The summed E-state index contributed by atoms with van der Waals surface area (Å²) in [6, 6.07) is 0.287. The summed E-state index contributed by atoms with van der Waals surface area (Å²) in [6.45, 7) is 1.96. The molecule has 0 unspecified atom stereocenters. The van der Waals surface area contributed by atoms with E-state index in [2.05, 4.69) is 5.32 Å². The number of hydroxylamine groups is 2. The zero-order valence-corrected chi connectivity index (χ0v) is 6.42. The Morgan fingerprint density at radius 3 is 2.50 bits per heavy atom. The molecule has 0 aromatic heterocycles. The first-order valence-corrected chi connectivity index (χ1v) is 3.24. The molecule has 0 aromatic rings. The van der Waals surface area contributed by atoms with Crippen LogP contribution in [-0.2, 0) is 9.63 Å². The monoisotopic (exact) mass is 144 g/mol. The standard InChI is InChI=1S/C6H12N2O2/c1-4-5(7-4)6(9)8(2)10-3/h4-5,7H,1-3H3/t4-,5+/m0/s1. The predicted octanol–water partition coefficient (Wildman–Crippen LogP) is -0.634. The number of hydrogen-bond donors (Lipinski definition) is 1. The average Bonchev–Trinajstić information content (AvgIpc) is 2.63. The Morgan fingerprint density at radius 1 is 1.70 bits per heavy atom. The second-order valence-corrected chi connectivity index (χ2v) is 2.45. The van der Waals surface area contributed by atoms with Crippen molar-refractivity contribution in [2.75, 3.05) is 14.2 Å². The predicted molar refractivity (Wildman–Crippen MR) is 36.2 cm³/mol. The van der Waals surface area contributed by atoms with Gasteiger partial charge < -0.3 is 0 Å². The molecule has 0 aromatic carbocycles. The molecule has 1 N–H and O–H groups in total. The molecular weight excluding hydrogens is 132 g/mol. The highest BCUT2D eigenvalue weighted by Crippen LogP contribution is 2.11. The number of carbonyl (C=O) groups is 1. The van der Waals surface area contributed by atoms with Crippen molar-refractivity contribution in [2.24, 2.45) is 0 Å². The van der Waals surface area contributed by atoms with Gasteiger partial charge in [0.2, 0.25) is 0 Å². The molecule has 1 saturated heterocycles.